The second kappa shape index (κ2) is 5.75. The molecule has 1 rings (SSSR count). The Labute approximate surface area is 99.8 Å². The Morgan fingerprint density at radius 2 is 2.06 bits per heavy atom. The maximum absolute atomic E-state index is 10.5. The molecule has 0 aliphatic carbocycles. The maximum atomic E-state index is 10.5. The van der Waals surface area contributed by atoms with Crippen LogP contribution in [0.25, 0.3) is 12.2 Å². The van der Waals surface area contributed by atoms with E-state index in [4.69, 9.17) is 14.6 Å². The smallest absolute Gasteiger partial charge is 0.328 e. The standard InChI is InChI=1S/C13H14O4/c1-4-10-9(6-8-12(14)15)5-7-11(16-2)13(10)17-3/h4-8H,1H2,2-3H3,(H,14,15)/b8-6+. The Balaban J connectivity index is 3.32. The number of carbonyl (C=O) groups is 1. The maximum Gasteiger partial charge on any atom is 0.328 e. The second-order valence-electron chi connectivity index (χ2n) is 3.18. The van der Waals surface area contributed by atoms with E-state index in [1.54, 1.807) is 18.2 Å². The van der Waals surface area contributed by atoms with Crippen LogP contribution < -0.4 is 9.47 Å². The van der Waals surface area contributed by atoms with Gasteiger partial charge in [-0.1, -0.05) is 18.7 Å². The molecule has 1 aromatic carbocycles. The van der Waals surface area contributed by atoms with Gasteiger partial charge >= 0.3 is 5.97 Å². The highest BCUT2D eigenvalue weighted by atomic mass is 16.5. The minimum absolute atomic E-state index is 0.537. The quantitative estimate of drug-likeness (QED) is 0.795. The molecule has 0 saturated carbocycles. The summed E-state index contributed by atoms with van der Waals surface area (Å²) in [4.78, 5) is 10.5. The van der Waals surface area contributed by atoms with E-state index in [9.17, 15) is 4.79 Å². The first-order valence-corrected chi connectivity index (χ1v) is 4.92. The number of aliphatic carboxylic acids is 1. The normalized spacial score (nSPS) is 10.2. The fraction of sp³-hybridized carbons (Fsp3) is 0.154. The Hall–Kier alpha value is -2.23. The summed E-state index contributed by atoms with van der Waals surface area (Å²) in [7, 11) is 3.06. The van der Waals surface area contributed by atoms with Crippen molar-refractivity contribution in [1.29, 1.82) is 0 Å². The van der Waals surface area contributed by atoms with Crippen molar-refractivity contribution in [3.05, 3.63) is 35.9 Å². The lowest BCUT2D eigenvalue weighted by atomic mass is 10.0. The van der Waals surface area contributed by atoms with Crippen molar-refractivity contribution in [2.75, 3.05) is 14.2 Å². The van der Waals surface area contributed by atoms with E-state index in [0.717, 1.165) is 6.08 Å². The van der Waals surface area contributed by atoms with Gasteiger partial charge in [-0.05, 0) is 17.7 Å². The van der Waals surface area contributed by atoms with Crippen molar-refractivity contribution in [2.24, 2.45) is 0 Å². The highest BCUT2D eigenvalue weighted by molar-refractivity contribution is 5.87. The molecule has 0 radical (unpaired) electrons. The van der Waals surface area contributed by atoms with Gasteiger partial charge in [-0.3, -0.25) is 0 Å². The predicted octanol–water partition coefficient (Wildman–Crippen LogP) is 2.44. The van der Waals surface area contributed by atoms with E-state index in [1.807, 2.05) is 0 Å². The van der Waals surface area contributed by atoms with Gasteiger partial charge in [-0.2, -0.15) is 0 Å². The van der Waals surface area contributed by atoms with Gasteiger partial charge in [0.1, 0.15) is 0 Å². The lowest BCUT2D eigenvalue weighted by Crippen LogP contribution is -1.95. The van der Waals surface area contributed by atoms with Gasteiger partial charge in [0.2, 0.25) is 0 Å². The minimum atomic E-state index is -1.00. The first-order valence-electron chi connectivity index (χ1n) is 4.92. The first-order chi connectivity index (χ1) is 8.13. The molecule has 4 nitrogen and oxygen atoms in total. The van der Waals surface area contributed by atoms with Crippen LogP contribution in [0, 0.1) is 0 Å². The van der Waals surface area contributed by atoms with Crippen LogP contribution in [0.5, 0.6) is 11.5 Å². The molecule has 1 N–H and O–H groups in total. The highest BCUT2D eigenvalue weighted by Crippen LogP contribution is 2.34. The number of rotatable bonds is 5. The van der Waals surface area contributed by atoms with Gasteiger partial charge in [-0.25, -0.2) is 4.79 Å². The molecule has 0 bridgehead atoms. The summed E-state index contributed by atoms with van der Waals surface area (Å²) >= 11 is 0. The fourth-order valence-electron chi connectivity index (χ4n) is 1.48. The molecule has 0 amide bonds. The second-order valence-corrected chi connectivity index (χ2v) is 3.18. The van der Waals surface area contributed by atoms with Crippen LogP contribution in [0.1, 0.15) is 11.1 Å². The third-order valence-electron chi connectivity index (χ3n) is 2.23. The van der Waals surface area contributed by atoms with Crippen molar-refractivity contribution < 1.29 is 19.4 Å². The zero-order chi connectivity index (χ0) is 12.8. The van der Waals surface area contributed by atoms with Crippen molar-refractivity contribution in [3.8, 4) is 11.5 Å². The van der Waals surface area contributed by atoms with E-state index < -0.39 is 5.97 Å². The number of methoxy groups -OCH3 is 2. The van der Waals surface area contributed by atoms with Crippen molar-refractivity contribution in [2.45, 2.75) is 0 Å². The zero-order valence-corrected chi connectivity index (χ0v) is 9.77. The van der Waals surface area contributed by atoms with Crippen LogP contribution in [-0.2, 0) is 4.79 Å². The molecule has 4 heteroatoms. The lowest BCUT2D eigenvalue weighted by molar-refractivity contribution is -0.131. The monoisotopic (exact) mass is 234 g/mol. The van der Waals surface area contributed by atoms with Gasteiger partial charge < -0.3 is 14.6 Å². The highest BCUT2D eigenvalue weighted by Gasteiger charge is 2.10. The summed E-state index contributed by atoms with van der Waals surface area (Å²) in [6.45, 7) is 3.69. The van der Waals surface area contributed by atoms with Gasteiger partial charge in [0.25, 0.3) is 0 Å². The molecular formula is C13H14O4. The summed E-state index contributed by atoms with van der Waals surface area (Å²) in [5.41, 5.74) is 1.41. The molecule has 0 fully saturated rings. The summed E-state index contributed by atoms with van der Waals surface area (Å²) in [6.07, 6.45) is 4.15. The average Bonchev–Trinajstić information content (AvgIpc) is 2.34. The number of carboxylic acid groups (broad SMARTS) is 1. The largest absolute Gasteiger partial charge is 0.493 e. The summed E-state index contributed by atoms with van der Waals surface area (Å²) in [6, 6.07) is 3.46. The van der Waals surface area contributed by atoms with Gasteiger partial charge in [0, 0.05) is 11.6 Å². The third kappa shape index (κ3) is 2.87. The van der Waals surface area contributed by atoms with Crippen LogP contribution in [0.4, 0.5) is 0 Å². The molecule has 0 spiro atoms. The van der Waals surface area contributed by atoms with Crippen molar-refractivity contribution >= 4 is 18.1 Å². The van der Waals surface area contributed by atoms with Crippen molar-refractivity contribution in [3.63, 3.8) is 0 Å². The topological polar surface area (TPSA) is 55.8 Å². The van der Waals surface area contributed by atoms with E-state index in [2.05, 4.69) is 6.58 Å². The predicted molar refractivity (Wildman–Crippen MR) is 66.3 cm³/mol. The van der Waals surface area contributed by atoms with Crippen LogP contribution in [0.3, 0.4) is 0 Å². The summed E-state index contributed by atoms with van der Waals surface area (Å²) < 4.78 is 10.4. The minimum Gasteiger partial charge on any atom is -0.493 e. The van der Waals surface area contributed by atoms with Crippen LogP contribution in [-0.4, -0.2) is 25.3 Å². The van der Waals surface area contributed by atoms with Gasteiger partial charge in [0.05, 0.1) is 14.2 Å². The number of carboxylic acids is 1. The molecule has 17 heavy (non-hydrogen) atoms. The van der Waals surface area contributed by atoms with Gasteiger partial charge in [-0.15, -0.1) is 0 Å². The zero-order valence-electron chi connectivity index (χ0n) is 9.77. The Bertz CT molecular complexity index is 461. The molecule has 0 aliphatic rings. The van der Waals surface area contributed by atoms with E-state index >= 15 is 0 Å². The van der Waals surface area contributed by atoms with Crippen LogP contribution in [0.2, 0.25) is 0 Å². The van der Waals surface area contributed by atoms with E-state index in [-0.39, 0.29) is 0 Å². The molecule has 0 atom stereocenters. The molecular weight excluding hydrogens is 220 g/mol. The van der Waals surface area contributed by atoms with E-state index in [0.29, 0.717) is 22.6 Å². The molecule has 1 aromatic rings. The number of hydrogen-bond donors (Lipinski definition) is 1. The van der Waals surface area contributed by atoms with Gasteiger partial charge in [0.15, 0.2) is 11.5 Å². The number of hydrogen-bond acceptors (Lipinski definition) is 3. The molecule has 90 valence electrons. The fourth-order valence-corrected chi connectivity index (χ4v) is 1.48. The summed E-state index contributed by atoms with van der Waals surface area (Å²) in [5.74, 6) is 0.111. The van der Waals surface area contributed by atoms with Crippen molar-refractivity contribution in [1.82, 2.24) is 0 Å². The lowest BCUT2D eigenvalue weighted by Gasteiger charge is -2.12. The Kier molecular flexibility index (Phi) is 4.34. The molecule has 0 aromatic heterocycles. The Morgan fingerprint density at radius 3 is 2.53 bits per heavy atom. The van der Waals surface area contributed by atoms with Crippen LogP contribution in [0.15, 0.2) is 24.8 Å². The number of ether oxygens (including phenoxy) is 2. The molecule has 0 saturated heterocycles. The molecule has 0 unspecified atom stereocenters. The first kappa shape index (κ1) is 12.8. The number of benzene rings is 1. The molecule has 0 aliphatic heterocycles. The van der Waals surface area contributed by atoms with E-state index in [1.165, 1.54) is 20.3 Å². The average molecular weight is 234 g/mol. The molecule has 0 heterocycles. The Morgan fingerprint density at radius 1 is 1.35 bits per heavy atom. The third-order valence-corrected chi connectivity index (χ3v) is 2.23. The van der Waals surface area contributed by atoms with Crippen LogP contribution >= 0.6 is 0 Å². The SMILES string of the molecule is C=Cc1c(/C=C/C(=O)O)ccc(OC)c1OC. The summed E-state index contributed by atoms with van der Waals surface area (Å²) in [5, 5.41) is 8.60.